The Bertz CT molecular complexity index is 305. The van der Waals surface area contributed by atoms with Gasteiger partial charge in [-0.05, 0) is 32.6 Å². The van der Waals surface area contributed by atoms with Crippen molar-refractivity contribution in [1.29, 1.82) is 0 Å². The van der Waals surface area contributed by atoms with Crippen molar-refractivity contribution in [2.45, 2.75) is 51.4 Å². The van der Waals surface area contributed by atoms with Crippen molar-refractivity contribution in [1.82, 2.24) is 4.98 Å². The maximum Gasteiger partial charge on any atom is 0.119 e. The number of aryl methyl sites for hydroxylation is 1. The molecule has 1 aromatic heterocycles. The van der Waals surface area contributed by atoms with Gasteiger partial charge in [0.1, 0.15) is 5.01 Å². The summed E-state index contributed by atoms with van der Waals surface area (Å²) in [6.45, 7) is 2.62. The van der Waals surface area contributed by atoms with E-state index in [1.54, 1.807) is 11.3 Å². The second-order valence-corrected chi connectivity index (χ2v) is 5.07. The lowest BCUT2D eigenvalue weighted by Gasteiger charge is -2.25. The number of rotatable bonds is 3. The quantitative estimate of drug-likeness (QED) is 0.861. The summed E-state index contributed by atoms with van der Waals surface area (Å²) in [6, 6.07) is 0. The van der Waals surface area contributed by atoms with E-state index >= 15 is 0 Å². The zero-order chi connectivity index (χ0) is 10.7. The average Bonchev–Trinajstić information content (AvgIpc) is 2.64. The maximum absolute atomic E-state index is 9.35. The Hall–Kier alpha value is -0.450. The number of aliphatic hydroxyl groups excluding tert-OH is 1. The number of aromatic nitrogens is 1. The van der Waals surface area contributed by atoms with Crippen LogP contribution in [0, 0.1) is 6.92 Å². The highest BCUT2D eigenvalue weighted by atomic mass is 32.1. The predicted molar refractivity (Wildman–Crippen MR) is 59.9 cm³/mol. The van der Waals surface area contributed by atoms with Crippen LogP contribution in [0.1, 0.15) is 36.4 Å². The molecule has 0 amide bonds. The van der Waals surface area contributed by atoms with E-state index in [4.69, 9.17) is 4.74 Å². The van der Waals surface area contributed by atoms with Gasteiger partial charge in [0.05, 0.1) is 18.8 Å². The van der Waals surface area contributed by atoms with E-state index in [2.05, 4.69) is 4.98 Å². The third kappa shape index (κ3) is 3.26. The highest BCUT2D eigenvalue weighted by Gasteiger charge is 2.19. The smallest absolute Gasteiger partial charge is 0.119 e. The Morgan fingerprint density at radius 1 is 1.47 bits per heavy atom. The molecular weight excluding hydrogens is 210 g/mol. The van der Waals surface area contributed by atoms with Crippen molar-refractivity contribution in [3.63, 3.8) is 0 Å². The van der Waals surface area contributed by atoms with Crippen LogP contribution in [0.2, 0.25) is 0 Å². The lowest BCUT2D eigenvalue weighted by molar-refractivity contribution is -0.0119. The Kier molecular flexibility index (Phi) is 3.72. The van der Waals surface area contributed by atoms with Crippen molar-refractivity contribution in [2.24, 2.45) is 0 Å². The van der Waals surface area contributed by atoms with Gasteiger partial charge in [0.25, 0.3) is 0 Å². The predicted octanol–water partition coefficient (Wildman–Crippen LogP) is 2.27. The first-order chi connectivity index (χ1) is 7.24. The van der Waals surface area contributed by atoms with Gasteiger partial charge in [-0.3, -0.25) is 0 Å². The summed E-state index contributed by atoms with van der Waals surface area (Å²) in [5.74, 6) is 0. The number of thiazole rings is 1. The molecule has 1 aliphatic carbocycles. The number of hydrogen-bond donors (Lipinski definition) is 1. The molecular formula is C11H17NO2S. The van der Waals surface area contributed by atoms with E-state index in [0.29, 0.717) is 12.7 Å². The van der Waals surface area contributed by atoms with Gasteiger partial charge in [0.15, 0.2) is 0 Å². The molecule has 0 atom stereocenters. The molecule has 2 rings (SSSR count). The molecule has 84 valence electrons. The van der Waals surface area contributed by atoms with Crippen LogP contribution in [0.15, 0.2) is 5.38 Å². The average molecular weight is 227 g/mol. The van der Waals surface area contributed by atoms with Gasteiger partial charge < -0.3 is 9.84 Å². The zero-order valence-electron chi connectivity index (χ0n) is 8.98. The van der Waals surface area contributed by atoms with Gasteiger partial charge in [-0.25, -0.2) is 4.98 Å². The van der Waals surface area contributed by atoms with Crippen LogP contribution in [0.25, 0.3) is 0 Å². The van der Waals surface area contributed by atoms with Crippen LogP contribution in [0.3, 0.4) is 0 Å². The van der Waals surface area contributed by atoms with Gasteiger partial charge in [-0.1, -0.05) is 0 Å². The van der Waals surface area contributed by atoms with Crippen molar-refractivity contribution >= 4 is 11.3 Å². The molecule has 4 heteroatoms. The Balaban J connectivity index is 1.74. The largest absolute Gasteiger partial charge is 0.393 e. The van der Waals surface area contributed by atoms with Crippen LogP contribution in [-0.4, -0.2) is 22.3 Å². The van der Waals surface area contributed by atoms with Gasteiger partial charge in [0.2, 0.25) is 0 Å². The van der Waals surface area contributed by atoms with E-state index in [9.17, 15) is 5.11 Å². The molecule has 1 heterocycles. The molecule has 1 aliphatic rings. The van der Waals surface area contributed by atoms with Crippen molar-refractivity contribution < 1.29 is 9.84 Å². The molecule has 1 N–H and O–H groups in total. The lowest BCUT2D eigenvalue weighted by atomic mass is 9.95. The second-order valence-electron chi connectivity index (χ2n) is 4.12. The van der Waals surface area contributed by atoms with Gasteiger partial charge in [-0.15, -0.1) is 11.3 Å². The molecule has 0 aliphatic heterocycles. The van der Waals surface area contributed by atoms with Gasteiger partial charge >= 0.3 is 0 Å². The van der Waals surface area contributed by atoms with E-state index in [0.717, 1.165) is 36.4 Å². The topological polar surface area (TPSA) is 42.4 Å². The highest BCUT2D eigenvalue weighted by molar-refractivity contribution is 7.09. The third-order valence-electron chi connectivity index (χ3n) is 2.75. The van der Waals surface area contributed by atoms with E-state index in [-0.39, 0.29) is 6.10 Å². The summed E-state index contributed by atoms with van der Waals surface area (Å²) in [4.78, 5) is 4.35. The third-order valence-corrected chi connectivity index (χ3v) is 3.69. The summed E-state index contributed by atoms with van der Waals surface area (Å²) in [6.07, 6.45) is 3.92. The van der Waals surface area contributed by atoms with Crippen LogP contribution >= 0.6 is 11.3 Å². The van der Waals surface area contributed by atoms with Crippen molar-refractivity contribution in [3.8, 4) is 0 Å². The molecule has 0 unspecified atom stereocenters. The normalized spacial score (nSPS) is 26.8. The number of nitrogens with zero attached hydrogens (tertiary/aromatic N) is 1. The minimum atomic E-state index is -0.105. The number of hydrogen-bond acceptors (Lipinski definition) is 4. The molecule has 0 spiro atoms. The number of aliphatic hydroxyl groups is 1. The molecule has 1 aromatic rings. The zero-order valence-corrected chi connectivity index (χ0v) is 9.80. The minimum absolute atomic E-state index is 0.105. The Morgan fingerprint density at radius 2 is 2.20 bits per heavy atom. The van der Waals surface area contributed by atoms with E-state index < -0.39 is 0 Å². The molecule has 0 saturated heterocycles. The van der Waals surface area contributed by atoms with Crippen molar-refractivity contribution in [3.05, 3.63) is 16.1 Å². The second kappa shape index (κ2) is 5.05. The van der Waals surface area contributed by atoms with Gasteiger partial charge in [-0.2, -0.15) is 0 Å². The number of ether oxygens (including phenoxy) is 1. The van der Waals surface area contributed by atoms with Crippen LogP contribution < -0.4 is 0 Å². The molecule has 15 heavy (non-hydrogen) atoms. The fourth-order valence-corrected chi connectivity index (χ4v) is 2.56. The monoisotopic (exact) mass is 227 g/mol. The maximum atomic E-state index is 9.35. The fraction of sp³-hybridized carbons (Fsp3) is 0.727. The van der Waals surface area contributed by atoms with Crippen LogP contribution in [0.5, 0.6) is 0 Å². The highest BCUT2D eigenvalue weighted by Crippen LogP contribution is 2.22. The molecule has 0 aromatic carbocycles. The van der Waals surface area contributed by atoms with Gasteiger partial charge in [0, 0.05) is 11.1 Å². The van der Waals surface area contributed by atoms with Crippen molar-refractivity contribution in [2.75, 3.05) is 0 Å². The Morgan fingerprint density at radius 3 is 2.80 bits per heavy atom. The molecule has 0 bridgehead atoms. The standard InChI is InChI=1S/C11H17NO2S/c1-8-7-15-11(12-8)6-14-10-4-2-9(13)3-5-10/h7,9-10,13H,2-6H2,1H3. The fourth-order valence-electron chi connectivity index (χ4n) is 1.87. The van der Waals surface area contributed by atoms with E-state index in [1.165, 1.54) is 0 Å². The molecule has 3 nitrogen and oxygen atoms in total. The summed E-state index contributed by atoms with van der Waals surface area (Å²) < 4.78 is 5.77. The molecule has 1 fully saturated rings. The summed E-state index contributed by atoms with van der Waals surface area (Å²) in [5, 5.41) is 12.4. The molecule has 1 saturated carbocycles. The minimum Gasteiger partial charge on any atom is -0.393 e. The summed E-state index contributed by atoms with van der Waals surface area (Å²) in [7, 11) is 0. The van der Waals surface area contributed by atoms with Crippen LogP contribution in [0.4, 0.5) is 0 Å². The Labute approximate surface area is 94.1 Å². The van der Waals surface area contributed by atoms with E-state index in [1.807, 2.05) is 12.3 Å². The first-order valence-corrected chi connectivity index (χ1v) is 6.32. The molecule has 0 radical (unpaired) electrons. The lowest BCUT2D eigenvalue weighted by Crippen LogP contribution is -2.24. The first-order valence-electron chi connectivity index (χ1n) is 5.44. The first kappa shape index (κ1) is 11.0. The summed E-state index contributed by atoms with van der Waals surface area (Å²) >= 11 is 1.65. The van der Waals surface area contributed by atoms with Crippen LogP contribution in [-0.2, 0) is 11.3 Å². The summed E-state index contributed by atoms with van der Waals surface area (Å²) in [5.41, 5.74) is 1.07. The SMILES string of the molecule is Cc1csc(COC2CCC(O)CC2)n1.